The highest BCUT2D eigenvalue weighted by molar-refractivity contribution is 5.96. The Hall–Kier alpha value is -2.90. The second-order valence-corrected chi connectivity index (χ2v) is 6.22. The number of halogens is 3. The number of pyridine rings is 1. The van der Waals surface area contributed by atoms with Crippen LogP contribution < -0.4 is 0 Å². The van der Waals surface area contributed by atoms with E-state index < -0.39 is 17.6 Å². The molecule has 8 heteroatoms. The maximum atomic E-state index is 13.2. The molecule has 1 aromatic heterocycles. The molecule has 0 spiro atoms. The van der Waals surface area contributed by atoms with E-state index in [1.165, 1.54) is 35.5 Å². The molecule has 0 atom stereocenters. The molecule has 0 saturated carbocycles. The van der Waals surface area contributed by atoms with E-state index in [0.29, 0.717) is 25.1 Å². The van der Waals surface area contributed by atoms with Crippen molar-refractivity contribution < 1.29 is 22.8 Å². The predicted octanol–water partition coefficient (Wildman–Crippen LogP) is 3.09. The molecule has 2 heterocycles. The Morgan fingerprint density at radius 3 is 2.07 bits per heavy atom. The first-order chi connectivity index (χ1) is 12.9. The summed E-state index contributed by atoms with van der Waals surface area (Å²) in [4.78, 5) is 32.1. The van der Waals surface area contributed by atoms with Crippen LogP contribution in [-0.2, 0) is 6.18 Å². The molecule has 0 bridgehead atoms. The van der Waals surface area contributed by atoms with Gasteiger partial charge in [0.2, 0.25) is 0 Å². The fourth-order valence-corrected chi connectivity index (χ4v) is 3.09. The second kappa shape index (κ2) is 7.77. The maximum Gasteiger partial charge on any atom is 0.417 e. The van der Waals surface area contributed by atoms with Gasteiger partial charge in [-0.25, -0.2) is 0 Å². The molecule has 0 unspecified atom stereocenters. The van der Waals surface area contributed by atoms with Gasteiger partial charge in [-0.2, -0.15) is 13.2 Å². The first-order valence-corrected chi connectivity index (χ1v) is 8.53. The van der Waals surface area contributed by atoms with Crippen molar-refractivity contribution in [1.82, 2.24) is 14.8 Å². The average molecular weight is 377 g/mol. The van der Waals surface area contributed by atoms with Crippen LogP contribution >= 0.6 is 0 Å². The zero-order valence-corrected chi connectivity index (χ0v) is 14.4. The standard InChI is InChI=1S/C19H18F3N3O2/c20-19(21,22)16-5-2-1-4-15(16)18(27)25-11-3-10-24(12-13-25)17(26)14-6-8-23-9-7-14/h1-2,4-9H,3,10-13H2. The smallest absolute Gasteiger partial charge is 0.337 e. The van der Waals surface area contributed by atoms with Crippen molar-refractivity contribution in [2.75, 3.05) is 26.2 Å². The Labute approximate surface area is 154 Å². The van der Waals surface area contributed by atoms with Gasteiger partial charge < -0.3 is 9.80 Å². The zero-order valence-electron chi connectivity index (χ0n) is 14.4. The number of amides is 2. The van der Waals surface area contributed by atoms with E-state index in [1.807, 2.05) is 0 Å². The molecule has 1 saturated heterocycles. The van der Waals surface area contributed by atoms with Crippen molar-refractivity contribution >= 4 is 11.8 Å². The molecule has 2 amide bonds. The fraction of sp³-hybridized carbons (Fsp3) is 0.316. The monoisotopic (exact) mass is 377 g/mol. The summed E-state index contributed by atoms with van der Waals surface area (Å²) in [5.41, 5.74) is -0.810. The molecular weight excluding hydrogens is 359 g/mol. The highest BCUT2D eigenvalue weighted by Gasteiger charge is 2.36. The Bertz CT molecular complexity index is 824. The van der Waals surface area contributed by atoms with Gasteiger partial charge in [0.05, 0.1) is 11.1 Å². The topological polar surface area (TPSA) is 53.5 Å². The number of aromatic nitrogens is 1. The molecule has 5 nitrogen and oxygen atoms in total. The van der Waals surface area contributed by atoms with Crippen molar-refractivity contribution in [3.63, 3.8) is 0 Å². The Kier molecular flexibility index (Phi) is 5.43. The van der Waals surface area contributed by atoms with Crippen LogP contribution in [0.3, 0.4) is 0 Å². The molecule has 0 radical (unpaired) electrons. The number of hydrogen-bond donors (Lipinski definition) is 0. The lowest BCUT2D eigenvalue weighted by molar-refractivity contribution is -0.138. The van der Waals surface area contributed by atoms with Gasteiger partial charge >= 0.3 is 6.18 Å². The Morgan fingerprint density at radius 2 is 1.44 bits per heavy atom. The van der Waals surface area contributed by atoms with Gasteiger partial charge in [-0.15, -0.1) is 0 Å². The highest BCUT2D eigenvalue weighted by Crippen LogP contribution is 2.32. The molecule has 1 aromatic carbocycles. The van der Waals surface area contributed by atoms with Crippen LogP contribution in [-0.4, -0.2) is 52.8 Å². The van der Waals surface area contributed by atoms with E-state index in [-0.39, 0.29) is 24.6 Å². The SMILES string of the molecule is O=C(c1ccncc1)N1CCCN(C(=O)c2ccccc2C(F)(F)F)CC1. The van der Waals surface area contributed by atoms with Gasteiger partial charge in [0.1, 0.15) is 0 Å². The van der Waals surface area contributed by atoms with Crippen LogP contribution in [0.15, 0.2) is 48.8 Å². The van der Waals surface area contributed by atoms with Crippen molar-refractivity contribution in [2.24, 2.45) is 0 Å². The summed E-state index contributed by atoms with van der Waals surface area (Å²) < 4.78 is 39.5. The van der Waals surface area contributed by atoms with Crippen molar-refractivity contribution in [3.8, 4) is 0 Å². The molecule has 27 heavy (non-hydrogen) atoms. The number of benzene rings is 1. The molecule has 0 aliphatic carbocycles. The zero-order chi connectivity index (χ0) is 19.4. The van der Waals surface area contributed by atoms with E-state index in [9.17, 15) is 22.8 Å². The average Bonchev–Trinajstić information content (AvgIpc) is 2.93. The minimum Gasteiger partial charge on any atom is -0.337 e. The summed E-state index contributed by atoms with van der Waals surface area (Å²) in [7, 11) is 0. The summed E-state index contributed by atoms with van der Waals surface area (Å²) in [6.45, 7) is 1.18. The Balaban J connectivity index is 1.74. The molecule has 142 valence electrons. The maximum absolute atomic E-state index is 13.2. The van der Waals surface area contributed by atoms with E-state index in [0.717, 1.165) is 6.07 Å². The summed E-state index contributed by atoms with van der Waals surface area (Å²) in [6.07, 6.45) is -1.05. The van der Waals surface area contributed by atoms with Crippen LogP contribution in [0.4, 0.5) is 13.2 Å². The molecule has 2 aromatic rings. The van der Waals surface area contributed by atoms with Crippen molar-refractivity contribution in [1.29, 1.82) is 0 Å². The number of carbonyl (C=O) groups excluding carboxylic acids is 2. The van der Waals surface area contributed by atoms with E-state index >= 15 is 0 Å². The molecule has 3 rings (SSSR count). The second-order valence-electron chi connectivity index (χ2n) is 6.22. The largest absolute Gasteiger partial charge is 0.417 e. The van der Waals surface area contributed by atoms with Gasteiger partial charge in [0, 0.05) is 44.1 Å². The van der Waals surface area contributed by atoms with Crippen LogP contribution in [0.1, 0.15) is 32.7 Å². The molecule has 0 N–H and O–H groups in total. The number of alkyl halides is 3. The van der Waals surface area contributed by atoms with Gasteiger partial charge in [-0.1, -0.05) is 12.1 Å². The lowest BCUT2D eigenvalue weighted by Crippen LogP contribution is -2.38. The van der Waals surface area contributed by atoms with E-state index in [2.05, 4.69) is 4.98 Å². The minimum atomic E-state index is -4.60. The predicted molar refractivity (Wildman–Crippen MR) is 92.1 cm³/mol. The van der Waals surface area contributed by atoms with Gasteiger partial charge in [0.25, 0.3) is 11.8 Å². The van der Waals surface area contributed by atoms with E-state index in [4.69, 9.17) is 0 Å². The third-order valence-electron chi connectivity index (χ3n) is 4.46. The third-order valence-corrected chi connectivity index (χ3v) is 4.46. The van der Waals surface area contributed by atoms with E-state index in [1.54, 1.807) is 17.0 Å². The van der Waals surface area contributed by atoms with Crippen LogP contribution in [0.5, 0.6) is 0 Å². The highest BCUT2D eigenvalue weighted by atomic mass is 19.4. The third kappa shape index (κ3) is 4.27. The molecular formula is C19H18F3N3O2. The number of nitrogens with zero attached hydrogens (tertiary/aromatic N) is 3. The fourth-order valence-electron chi connectivity index (χ4n) is 3.09. The Morgan fingerprint density at radius 1 is 0.852 bits per heavy atom. The normalized spacial score (nSPS) is 15.4. The number of hydrogen-bond acceptors (Lipinski definition) is 3. The summed E-state index contributed by atoms with van der Waals surface area (Å²) >= 11 is 0. The van der Waals surface area contributed by atoms with Crippen molar-refractivity contribution in [2.45, 2.75) is 12.6 Å². The summed E-state index contributed by atoms with van der Waals surface area (Å²) in [5.74, 6) is -0.844. The van der Waals surface area contributed by atoms with Crippen molar-refractivity contribution in [3.05, 3.63) is 65.5 Å². The molecule has 1 aliphatic rings. The van der Waals surface area contributed by atoms with Gasteiger partial charge in [-0.05, 0) is 30.7 Å². The van der Waals surface area contributed by atoms with Gasteiger partial charge in [-0.3, -0.25) is 14.6 Å². The number of rotatable bonds is 2. The van der Waals surface area contributed by atoms with Crippen LogP contribution in [0, 0.1) is 0 Å². The van der Waals surface area contributed by atoms with Crippen LogP contribution in [0.25, 0.3) is 0 Å². The number of carbonyl (C=O) groups is 2. The molecule has 1 fully saturated rings. The lowest BCUT2D eigenvalue weighted by atomic mass is 10.1. The summed E-state index contributed by atoms with van der Waals surface area (Å²) in [6, 6.07) is 7.99. The molecule has 1 aliphatic heterocycles. The van der Waals surface area contributed by atoms with Crippen LogP contribution in [0.2, 0.25) is 0 Å². The first kappa shape index (κ1) is 18.9. The minimum absolute atomic E-state index is 0.178. The first-order valence-electron chi connectivity index (χ1n) is 8.53. The lowest BCUT2D eigenvalue weighted by Gasteiger charge is -2.23. The summed E-state index contributed by atoms with van der Waals surface area (Å²) in [5, 5.41) is 0. The quantitative estimate of drug-likeness (QED) is 0.808. The van der Waals surface area contributed by atoms with Gasteiger partial charge in [0.15, 0.2) is 0 Å².